The lowest BCUT2D eigenvalue weighted by molar-refractivity contribution is 0.262. The van der Waals surface area contributed by atoms with Gasteiger partial charge >= 0.3 is 0 Å². The largest absolute Gasteiger partial charge is 0.394 e. The summed E-state index contributed by atoms with van der Waals surface area (Å²) >= 11 is 0. The van der Waals surface area contributed by atoms with Crippen LogP contribution in [0.25, 0.3) is 10.9 Å². The minimum Gasteiger partial charge on any atom is -0.394 e. The summed E-state index contributed by atoms with van der Waals surface area (Å²) in [5.41, 5.74) is 9.44. The highest BCUT2D eigenvalue weighted by Crippen LogP contribution is 2.31. The number of aliphatic hydroxyl groups excluding tert-OH is 1. The number of rotatable bonds is 3. The first-order valence-corrected chi connectivity index (χ1v) is 6.03. The van der Waals surface area contributed by atoms with Gasteiger partial charge in [-0.1, -0.05) is 18.2 Å². The quantitative estimate of drug-likeness (QED) is 0.854. The van der Waals surface area contributed by atoms with Crippen LogP contribution in [0.2, 0.25) is 0 Å². The second-order valence-electron chi connectivity index (χ2n) is 4.78. The van der Waals surface area contributed by atoms with Crippen molar-refractivity contribution in [3.05, 3.63) is 35.5 Å². The molecule has 0 radical (unpaired) electrons. The molecule has 0 saturated heterocycles. The van der Waals surface area contributed by atoms with Gasteiger partial charge in [0.2, 0.25) is 0 Å². The van der Waals surface area contributed by atoms with Crippen LogP contribution >= 0.6 is 0 Å². The average molecular weight is 232 g/mol. The summed E-state index contributed by atoms with van der Waals surface area (Å²) in [5, 5.41) is 10.5. The lowest BCUT2D eigenvalue weighted by atomic mass is 10.1. The van der Waals surface area contributed by atoms with Gasteiger partial charge < -0.3 is 15.4 Å². The summed E-state index contributed by atoms with van der Waals surface area (Å²) in [7, 11) is 0. The molecule has 0 fully saturated rings. The predicted molar refractivity (Wildman–Crippen MR) is 71.1 cm³/mol. The highest BCUT2D eigenvalue weighted by molar-refractivity contribution is 5.85. The standard InChI is InChI=1S/C14H20N2O/c1-9(2)16-13-7-5-4-6-11(13)10(3)14(16)12(15)8-17/h4-7,9,12,17H,8,15H2,1-3H3. The minimum atomic E-state index is -0.315. The van der Waals surface area contributed by atoms with E-state index in [0.717, 1.165) is 5.69 Å². The first kappa shape index (κ1) is 12.1. The van der Waals surface area contributed by atoms with E-state index in [1.54, 1.807) is 0 Å². The number of aryl methyl sites for hydroxylation is 1. The van der Waals surface area contributed by atoms with Gasteiger partial charge in [0, 0.05) is 22.6 Å². The van der Waals surface area contributed by atoms with Gasteiger partial charge in [-0.25, -0.2) is 0 Å². The summed E-state index contributed by atoms with van der Waals surface area (Å²) in [5.74, 6) is 0. The summed E-state index contributed by atoms with van der Waals surface area (Å²) in [4.78, 5) is 0. The number of nitrogens with two attached hydrogens (primary N) is 1. The third-order valence-electron chi connectivity index (χ3n) is 3.28. The molecule has 0 saturated carbocycles. The van der Waals surface area contributed by atoms with Crippen molar-refractivity contribution in [1.82, 2.24) is 4.57 Å². The molecule has 0 aliphatic heterocycles. The highest BCUT2D eigenvalue weighted by Gasteiger charge is 2.19. The van der Waals surface area contributed by atoms with E-state index in [2.05, 4.69) is 37.5 Å². The highest BCUT2D eigenvalue weighted by atomic mass is 16.3. The van der Waals surface area contributed by atoms with E-state index in [0.29, 0.717) is 6.04 Å². The fourth-order valence-corrected chi connectivity index (χ4v) is 2.55. The van der Waals surface area contributed by atoms with Crippen molar-refractivity contribution in [2.45, 2.75) is 32.9 Å². The Hall–Kier alpha value is -1.32. The molecule has 1 unspecified atom stereocenters. The Bertz CT molecular complexity index is 528. The third kappa shape index (κ3) is 1.85. The maximum atomic E-state index is 9.31. The fraction of sp³-hybridized carbons (Fsp3) is 0.429. The molecule has 3 N–H and O–H groups in total. The van der Waals surface area contributed by atoms with E-state index in [4.69, 9.17) is 5.73 Å². The maximum Gasteiger partial charge on any atom is 0.0687 e. The molecule has 2 rings (SSSR count). The van der Waals surface area contributed by atoms with Gasteiger partial charge in [0.05, 0.1) is 12.6 Å². The zero-order chi connectivity index (χ0) is 12.6. The number of hydrogen-bond donors (Lipinski definition) is 2. The van der Waals surface area contributed by atoms with E-state index in [1.807, 2.05) is 12.1 Å². The maximum absolute atomic E-state index is 9.31. The molecule has 0 bridgehead atoms. The first-order chi connectivity index (χ1) is 8.07. The van der Waals surface area contributed by atoms with Crippen molar-refractivity contribution >= 4 is 10.9 Å². The number of benzene rings is 1. The van der Waals surface area contributed by atoms with E-state index in [1.165, 1.54) is 16.5 Å². The molecule has 3 heteroatoms. The normalized spacial score (nSPS) is 13.5. The smallest absolute Gasteiger partial charge is 0.0687 e. The molecule has 0 aliphatic carbocycles. The molecule has 1 aromatic heterocycles. The van der Waals surface area contributed by atoms with E-state index >= 15 is 0 Å². The van der Waals surface area contributed by atoms with Crippen molar-refractivity contribution in [3.63, 3.8) is 0 Å². The lowest BCUT2D eigenvalue weighted by Gasteiger charge is -2.18. The van der Waals surface area contributed by atoms with E-state index < -0.39 is 0 Å². The molecule has 1 aromatic carbocycles. The Labute approximate surface area is 102 Å². The van der Waals surface area contributed by atoms with Gasteiger partial charge in [-0.2, -0.15) is 0 Å². The predicted octanol–water partition coefficient (Wildman–Crippen LogP) is 2.52. The zero-order valence-electron chi connectivity index (χ0n) is 10.6. The van der Waals surface area contributed by atoms with Crippen LogP contribution in [0, 0.1) is 6.92 Å². The van der Waals surface area contributed by atoms with Crippen LogP contribution in [0.3, 0.4) is 0 Å². The molecule has 1 heterocycles. The second-order valence-corrected chi connectivity index (χ2v) is 4.78. The Morgan fingerprint density at radius 3 is 2.53 bits per heavy atom. The summed E-state index contributed by atoms with van der Waals surface area (Å²) in [6.07, 6.45) is 0. The van der Waals surface area contributed by atoms with Gasteiger partial charge in [-0.3, -0.25) is 0 Å². The summed E-state index contributed by atoms with van der Waals surface area (Å²) in [6, 6.07) is 8.31. The Morgan fingerprint density at radius 2 is 1.94 bits per heavy atom. The number of aromatic nitrogens is 1. The van der Waals surface area contributed by atoms with Crippen LogP contribution < -0.4 is 5.73 Å². The molecule has 1 atom stereocenters. The average Bonchev–Trinajstić information content (AvgIpc) is 2.62. The van der Waals surface area contributed by atoms with Crippen molar-refractivity contribution in [3.8, 4) is 0 Å². The number of nitrogens with zero attached hydrogens (tertiary/aromatic N) is 1. The summed E-state index contributed by atoms with van der Waals surface area (Å²) < 4.78 is 2.23. The lowest BCUT2D eigenvalue weighted by Crippen LogP contribution is -2.20. The van der Waals surface area contributed by atoms with Gasteiger partial charge in [0.15, 0.2) is 0 Å². The van der Waals surface area contributed by atoms with Crippen LogP contribution in [0.4, 0.5) is 0 Å². The second kappa shape index (κ2) is 4.51. The zero-order valence-corrected chi connectivity index (χ0v) is 10.6. The van der Waals surface area contributed by atoms with Crippen LogP contribution in [-0.2, 0) is 0 Å². The molecule has 3 nitrogen and oxygen atoms in total. The van der Waals surface area contributed by atoms with Crippen LogP contribution in [-0.4, -0.2) is 16.3 Å². The van der Waals surface area contributed by atoms with Crippen LogP contribution in [0.15, 0.2) is 24.3 Å². The third-order valence-corrected chi connectivity index (χ3v) is 3.28. The molecule has 0 spiro atoms. The Kier molecular flexibility index (Phi) is 3.22. The molecular weight excluding hydrogens is 212 g/mol. The van der Waals surface area contributed by atoms with Gasteiger partial charge in [-0.15, -0.1) is 0 Å². The molecular formula is C14H20N2O. The topological polar surface area (TPSA) is 51.2 Å². The number of para-hydroxylation sites is 1. The summed E-state index contributed by atoms with van der Waals surface area (Å²) in [6.45, 7) is 6.33. The SMILES string of the molecule is Cc1c(C(N)CO)n(C(C)C)c2ccccc12. The fourth-order valence-electron chi connectivity index (χ4n) is 2.55. The van der Waals surface area contributed by atoms with Gasteiger partial charge in [-0.05, 0) is 32.4 Å². The molecule has 2 aromatic rings. The van der Waals surface area contributed by atoms with Crippen molar-refractivity contribution in [1.29, 1.82) is 0 Å². The molecule has 92 valence electrons. The van der Waals surface area contributed by atoms with Crippen LogP contribution in [0.5, 0.6) is 0 Å². The van der Waals surface area contributed by atoms with Crippen molar-refractivity contribution in [2.24, 2.45) is 5.73 Å². The minimum absolute atomic E-state index is 0.0239. The van der Waals surface area contributed by atoms with Crippen molar-refractivity contribution < 1.29 is 5.11 Å². The molecule has 17 heavy (non-hydrogen) atoms. The molecule has 0 amide bonds. The Morgan fingerprint density at radius 1 is 1.29 bits per heavy atom. The van der Waals surface area contributed by atoms with Gasteiger partial charge in [0.25, 0.3) is 0 Å². The first-order valence-electron chi connectivity index (χ1n) is 6.03. The number of aliphatic hydroxyl groups is 1. The number of fused-ring (bicyclic) bond motifs is 1. The monoisotopic (exact) mass is 232 g/mol. The Balaban J connectivity index is 2.80. The molecule has 0 aliphatic rings. The van der Waals surface area contributed by atoms with Crippen molar-refractivity contribution in [2.75, 3.05) is 6.61 Å². The van der Waals surface area contributed by atoms with Crippen LogP contribution in [0.1, 0.15) is 37.2 Å². The van der Waals surface area contributed by atoms with E-state index in [-0.39, 0.29) is 12.6 Å². The number of hydrogen-bond acceptors (Lipinski definition) is 2. The van der Waals surface area contributed by atoms with E-state index in [9.17, 15) is 5.11 Å². The van der Waals surface area contributed by atoms with Gasteiger partial charge in [0.1, 0.15) is 0 Å².